The summed E-state index contributed by atoms with van der Waals surface area (Å²) in [4.78, 5) is 29.9. The predicted molar refractivity (Wildman–Crippen MR) is 123 cm³/mol. The number of hydrogen-bond acceptors (Lipinski definition) is 6. The number of carbonyl (C=O) groups is 3. The summed E-state index contributed by atoms with van der Waals surface area (Å²) in [6, 6.07) is 8.77. The molecule has 0 spiro atoms. The first-order valence-corrected chi connectivity index (χ1v) is 6.22. The highest BCUT2D eigenvalue weighted by Gasteiger charge is 2.03. The largest absolute Gasteiger partial charge is 0.475 e. The van der Waals surface area contributed by atoms with Crippen LogP contribution in [-0.2, 0) is 0 Å². The van der Waals surface area contributed by atoms with Gasteiger partial charge in [0.1, 0.15) is 0 Å². The van der Waals surface area contributed by atoms with Gasteiger partial charge in [-0.15, -0.1) is 71.9 Å². The average molecular weight is 720 g/mol. The molecule has 0 unspecified atom stereocenters. The van der Waals surface area contributed by atoms with Crippen molar-refractivity contribution in [1.29, 1.82) is 0 Å². The van der Waals surface area contributed by atoms with E-state index in [1.807, 2.05) is 0 Å². The van der Waals surface area contributed by atoms with E-state index in [0.717, 1.165) is 0 Å². The molecule has 3 heterocycles. The fourth-order valence-electron chi connectivity index (χ4n) is 1.20. The van der Waals surface area contributed by atoms with E-state index in [1.165, 1.54) is 55.2 Å². The fraction of sp³-hybridized carbons (Fsp3) is 0. The summed E-state index contributed by atoms with van der Waals surface area (Å²) < 4.78 is 13.5. The van der Waals surface area contributed by atoms with Crippen molar-refractivity contribution >= 4 is 89.8 Å². The molecule has 3 aromatic heterocycles. The van der Waals surface area contributed by atoms with Crippen LogP contribution >= 0.6 is 71.9 Å². The van der Waals surface area contributed by atoms with Gasteiger partial charge in [0.15, 0.2) is 0 Å². The normalized spacial score (nSPS) is 8.00. The Morgan fingerprint density at radius 1 is 0.556 bits per heavy atom. The molecule has 0 amide bonds. The van der Waals surface area contributed by atoms with Crippen molar-refractivity contribution in [1.82, 2.24) is 0 Å². The number of carboxylic acids is 3. The van der Waals surface area contributed by atoms with E-state index in [2.05, 4.69) is 13.3 Å². The van der Waals surface area contributed by atoms with Crippen LogP contribution in [0.4, 0.5) is 0 Å². The average Bonchev–Trinajstić information content (AvgIpc) is 3.29. The Balaban J connectivity index is -0.000000303. The van der Waals surface area contributed by atoms with E-state index in [-0.39, 0.29) is 89.2 Å². The molecule has 0 radical (unpaired) electrons. The summed E-state index contributed by atoms with van der Waals surface area (Å²) in [6.45, 7) is 0. The van der Waals surface area contributed by atoms with E-state index >= 15 is 0 Å². The summed E-state index contributed by atoms with van der Waals surface area (Å²) in [5.41, 5.74) is 0. The Morgan fingerprint density at radius 3 is 0.852 bits per heavy atom. The number of furan rings is 3. The van der Waals surface area contributed by atoms with Crippen LogP contribution in [-0.4, -0.2) is 33.2 Å². The quantitative estimate of drug-likeness (QED) is 0.325. The second-order valence-corrected chi connectivity index (χ2v) is 3.85. The van der Waals surface area contributed by atoms with Gasteiger partial charge < -0.3 is 28.6 Å². The summed E-state index contributed by atoms with van der Waals surface area (Å²) in [6.07, 6.45) is 3.97. The van der Waals surface area contributed by atoms with Gasteiger partial charge in [-0.2, -0.15) is 0 Å². The molecule has 3 aromatic rings. The predicted octanol–water partition coefficient (Wildman–Crippen LogP) is 4.79. The van der Waals surface area contributed by atoms with Crippen molar-refractivity contribution in [2.75, 3.05) is 0 Å². The maximum atomic E-state index is 9.97. The minimum absolute atomic E-state index is 0. The molecule has 0 atom stereocenters. The molecule has 0 aliphatic rings. The van der Waals surface area contributed by atoms with Gasteiger partial charge in [0.2, 0.25) is 17.3 Å². The SMILES string of the molecule is I.I.I.O=C(O)c1ccco1.O=C(O)c1ccco1.O=C(O)c1ccco1. The topological polar surface area (TPSA) is 151 Å². The lowest BCUT2D eigenvalue weighted by atomic mass is 10.5. The van der Waals surface area contributed by atoms with Gasteiger partial charge in [-0.3, -0.25) is 0 Å². The standard InChI is InChI=1S/3C5H4O3.3HI/c3*6-5(7)4-2-1-3-8-4;;;/h3*1-3H,(H,6,7);3*1H. The third-order valence-corrected chi connectivity index (χ3v) is 2.20. The van der Waals surface area contributed by atoms with Gasteiger partial charge in [-0.05, 0) is 36.4 Å². The van der Waals surface area contributed by atoms with Crippen LogP contribution in [0.25, 0.3) is 0 Å². The highest BCUT2D eigenvalue weighted by molar-refractivity contribution is 14.0. The van der Waals surface area contributed by atoms with Crippen molar-refractivity contribution in [3.05, 3.63) is 72.5 Å². The second-order valence-electron chi connectivity index (χ2n) is 3.85. The van der Waals surface area contributed by atoms with Gasteiger partial charge in [0, 0.05) is 0 Å². The molecule has 0 saturated heterocycles. The number of aromatic carboxylic acids is 3. The number of hydrogen-bond donors (Lipinski definition) is 3. The van der Waals surface area contributed by atoms with Gasteiger partial charge in [-0.1, -0.05) is 0 Å². The molecule has 0 aromatic carbocycles. The van der Waals surface area contributed by atoms with E-state index in [0.29, 0.717) is 0 Å². The molecule has 0 aliphatic heterocycles. The molecule has 0 bridgehead atoms. The fourth-order valence-corrected chi connectivity index (χ4v) is 1.20. The van der Waals surface area contributed by atoms with E-state index < -0.39 is 17.9 Å². The van der Waals surface area contributed by atoms with Crippen molar-refractivity contribution < 1.29 is 43.0 Å². The highest BCUT2D eigenvalue weighted by atomic mass is 127. The van der Waals surface area contributed by atoms with Crippen molar-refractivity contribution in [3.63, 3.8) is 0 Å². The zero-order valence-electron chi connectivity index (χ0n) is 13.2. The Labute approximate surface area is 203 Å². The van der Waals surface area contributed by atoms with Crippen LogP contribution in [0.1, 0.15) is 31.7 Å². The third-order valence-electron chi connectivity index (χ3n) is 2.20. The minimum Gasteiger partial charge on any atom is -0.475 e. The molecule has 12 heteroatoms. The Kier molecular flexibility index (Phi) is 18.6. The number of halogens is 3. The van der Waals surface area contributed by atoms with E-state index in [4.69, 9.17) is 15.3 Å². The Bertz CT molecular complexity index is 645. The van der Waals surface area contributed by atoms with E-state index in [1.54, 1.807) is 0 Å². The monoisotopic (exact) mass is 720 g/mol. The number of rotatable bonds is 3. The van der Waals surface area contributed by atoms with Crippen molar-refractivity contribution in [3.8, 4) is 0 Å². The van der Waals surface area contributed by atoms with Gasteiger partial charge in [-0.25, -0.2) is 14.4 Å². The molecule has 3 rings (SSSR count). The summed E-state index contributed by atoms with van der Waals surface area (Å²) >= 11 is 0. The van der Waals surface area contributed by atoms with Crippen molar-refractivity contribution in [2.45, 2.75) is 0 Å². The molecule has 150 valence electrons. The zero-order chi connectivity index (χ0) is 17.9. The van der Waals surface area contributed by atoms with Gasteiger partial charge >= 0.3 is 17.9 Å². The molecular formula is C15H15I3O9. The maximum Gasteiger partial charge on any atom is 0.371 e. The van der Waals surface area contributed by atoms with Crippen LogP contribution in [0, 0.1) is 0 Å². The van der Waals surface area contributed by atoms with Crippen LogP contribution in [0.15, 0.2) is 68.4 Å². The van der Waals surface area contributed by atoms with Crippen LogP contribution in [0.5, 0.6) is 0 Å². The van der Waals surface area contributed by atoms with Crippen LogP contribution in [0.3, 0.4) is 0 Å². The van der Waals surface area contributed by atoms with Crippen LogP contribution in [0.2, 0.25) is 0 Å². The second kappa shape index (κ2) is 16.6. The summed E-state index contributed by atoms with van der Waals surface area (Å²) in [5.74, 6) is -3.17. The lowest BCUT2D eigenvalue weighted by Crippen LogP contribution is -1.90. The molecule has 3 N–H and O–H groups in total. The first kappa shape index (κ1) is 30.2. The molecule has 9 nitrogen and oxygen atoms in total. The van der Waals surface area contributed by atoms with E-state index in [9.17, 15) is 14.4 Å². The molecular weight excluding hydrogens is 705 g/mol. The zero-order valence-corrected chi connectivity index (χ0v) is 20.2. The lowest BCUT2D eigenvalue weighted by Gasteiger charge is -1.79. The first-order chi connectivity index (χ1) is 11.4. The van der Waals surface area contributed by atoms with Gasteiger partial charge in [0.05, 0.1) is 18.8 Å². The highest BCUT2D eigenvalue weighted by Crippen LogP contribution is 1.98. The van der Waals surface area contributed by atoms with Crippen LogP contribution < -0.4 is 0 Å². The Hall–Kier alpha value is -1.56. The molecule has 0 saturated carbocycles. The molecule has 27 heavy (non-hydrogen) atoms. The maximum absolute atomic E-state index is 9.97. The number of carboxylic acid groups (broad SMARTS) is 3. The lowest BCUT2D eigenvalue weighted by molar-refractivity contribution is 0.0652. The van der Waals surface area contributed by atoms with Gasteiger partial charge in [0.25, 0.3) is 0 Å². The van der Waals surface area contributed by atoms with Crippen molar-refractivity contribution in [2.24, 2.45) is 0 Å². The molecule has 0 fully saturated rings. The summed E-state index contributed by atoms with van der Waals surface area (Å²) in [5, 5.41) is 24.5. The first-order valence-electron chi connectivity index (χ1n) is 6.22. The summed E-state index contributed by atoms with van der Waals surface area (Å²) in [7, 11) is 0. The minimum atomic E-state index is -1.03. The molecule has 0 aliphatic carbocycles. The third kappa shape index (κ3) is 12.5. The Morgan fingerprint density at radius 2 is 0.778 bits per heavy atom. The smallest absolute Gasteiger partial charge is 0.371 e.